The topological polar surface area (TPSA) is 68.1 Å². The minimum absolute atomic E-state index is 0.280. The first-order valence-corrected chi connectivity index (χ1v) is 12.0. The quantitative estimate of drug-likeness (QED) is 0.286. The molecule has 0 fully saturated rings. The van der Waals surface area contributed by atoms with Crippen LogP contribution in [0.4, 0.5) is 0 Å². The van der Waals surface area contributed by atoms with Crippen LogP contribution in [0.2, 0.25) is 0 Å². The van der Waals surface area contributed by atoms with Gasteiger partial charge in [-0.2, -0.15) is 0 Å². The lowest BCUT2D eigenvalue weighted by Crippen LogP contribution is -2.24. The zero-order valence-corrected chi connectivity index (χ0v) is 19.9. The molecule has 37 heavy (non-hydrogen) atoms. The Balaban J connectivity index is 1.59. The number of amides is 2. The summed E-state index contributed by atoms with van der Waals surface area (Å²) in [5.74, 6) is -0.571. The van der Waals surface area contributed by atoms with Gasteiger partial charge in [0.25, 0.3) is 11.8 Å². The molecular weight excluding hydrogens is 460 g/mol. The molecule has 2 amide bonds. The molecule has 7 rings (SSSR count). The van der Waals surface area contributed by atoms with Gasteiger partial charge in [-0.1, -0.05) is 30.3 Å². The second-order valence-electron chi connectivity index (χ2n) is 9.14. The lowest BCUT2D eigenvalue weighted by atomic mass is 10.0. The second kappa shape index (κ2) is 7.96. The summed E-state index contributed by atoms with van der Waals surface area (Å²) in [6.45, 7) is 0. The van der Waals surface area contributed by atoms with Gasteiger partial charge in [0.2, 0.25) is 0 Å². The average molecular weight is 481 g/mol. The largest absolute Gasteiger partial charge is 0.308 e. The number of nitrogens with zero attached hydrogens (tertiary/aromatic N) is 4. The molecule has 0 unspecified atom stereocenters. The number of hydrogen-bond donors (Lipinski definition) is 0. The lowest BCUT2D eigenvalue weighted by Gasteiger charge is -2.13. The fourth-order valence-electron chi connectivity index (χ4n) is 5.30. The number of imide groups is 1. The summed E-state index contributed by atoms with van der Waals surface area (Å²) in [7, 11) is 1.53. The molecule has 0 spiro atoms. The number of benzene rings is 3. The summed E-state index contributed by atoms with van der Waals surface area (Å²) in [6.07, 6.45) is 7.11. The van der Waals surface area contributed by atoms with Crippen molar-refractivity contribution in [2.45, 2.75) is 0 Å². The van der Waals surface area contributed by atoms with Gasteiger partial charge in [0.05, 0.1) is 27.8 Å². The summed E-state index contributed by atoms with van der Waals surface area (Å²) in [5.41, 5.74) is 7.65. The summed E-state index contributed by atoms with van der Waals surface area (Å²) >= 11 is 0. The highest BCUT2D eigenvalue weighted by molar-refractivity contribution is 6.23. The minimum atomic E-state index is -0.291. The van der Waals surface area contributed by atoms with Crippen molar-refractivity contribution in [3.63, 3.8) is 0 Å². The lowest BCUT2D eigenvalue weighted by molar-refractivity contribution is 0.0693. The minimum Gasteiger partial charge on any atom is -0.308 e. The number of pyridine rings is 2. The van der Waals surface area contributed by atoms with Crippen LogP contribution in [0.5, 0.6) is 0 Å². The van der Waals surface area contributed by atoms with Gasteiger partial charge in [0.1, 0.15) is 0 Å². The van der Waals surface area contributed by atoms with Crippen LogP contribution in [0.25, 0.3) is 49.7 Å². The molecule has 1 aliphatic rings. The molecule has 0 radical (unpaired) electrons. The summed E-state index contributed by atoms with van der Waals surface area (Å²) in [5, 5.41) is 2.13. The molecule has 0 saturated carbocycles. The normalized spacial score (nSPS) is 13.1. The Morgan fingerprint density at radius 2 is 1.14 bits per heavy atom. The van der Waals surface area contributed by atoms with Gasteiger partial charge >= 0.3 is 0 Å². The standard InChI is InChI=1S/C31H20N4O2/c1-34-30(36)25-3-2-4-26(29(25)31(34)37)35-27-17-21(19-9-13-32-14-10-19)5-7-23(27)24-8-6-22(18-28(24)35)20-11-15-33-16-12-20/h2-18H,1H3. The predicted molar refractivity (Wildman–Crippen MR) is 144 cm³/mol. The maximum absolute atomic E-state index is 13.2. The first kappa shape index (κ1) is 21.2. The Morgan fingerprint density at radius 1 is 0.595 bits per heavy atom. The molecule has 0 aliphatic carbocycles. The molecule has 0 saturated heterocycles. The van der Waals surface area contributed by atoms with E-state index in [4.69, 9.17) is 0 Å². The molecule has 4 heterocycles. The first-order valence-electron chi connectivity index (χ1n) is 12.0. The van der Waals surface area contributed by atoms with E-state index in [1.807, 2.05) is 36.4 Å². The van der Waals surface area contributed by atoms with Crippen LogP contribution < -0.4 is 0 Å². The van der Waals surface area contributed by atoms with Gasteiger partial charge < -0.3 is 4.57 Å². The van der Waals surface area contributed by atoms with Crippen LogP contribution in [-0.4, -0.2) is 38.3 Å². The highest BCUT2D eigenvalue weighted by atomic mass is 16.2. The van der Waals surface area contributed by atoms with E-state index in [2.05, 4.69) is 50.9 Å². The molecule has 0 bridgehead atoms. The van der Waals surface area contributed by atoms with E-state index in [0.29, 0.717) is 16.8 Å². The third kappa shape index (κ3) is 3.12. The molecule has 3 aromatic heterocycles. The van der Waals surface area contributed by atoms with E-state index in [9.17, 15) is 9.59 Å². The first-order chi connectivity index (χ1) is 18.1. The molecule has 0 atom stereocenters. The van der Waals surface area contributed by atoms with Crippen molar-refractivity contribution in [3.8, 4) is 27.9 Å². The number of aromatic nitrogens is 3. The highest BCUT2D eigenvalue weighted by Gasteiger charge is 2.35. The van der Waals surface area contributed by atoms with Gasteiger partial charge in [-0.3, -0.25) is 24.5 Å². The Labute approximate surface area is 212 Å². The maximum atomic E-state index is 13.2. The van der Waals surface area contributed by atoms with E-state index in [-0.39, 0.29) is 11.8 Å². The van der Waals surface area contributed by atoms with Crippen molar-refractivity contribution in [1.82, 2.24) is 19.4 Å². The summed E-state index contributed by atoms with van der Waals surface area (Å²) < 4.78 is 2.11. The number of hydrogen-bond acceptors (Lipinski definition) is 4. The smallest absolute Gasteiger partial charge is 0.263 e. The van der Waals surface area contributed by atoms with Crippen molar-refractivity contribution in [2.24, 2.45) is 0 Å². The average Bonchev–Trinajstić information content (AvgIpc) is 3.40. The van der Waals surface area contributed by atoms with E-state index in [1.54, 1.807) is 30.9 Å². The zero-order chi connectivity index (χ0) is 25.1. The molecule has 6 aromatic rings. The van der Waals surface area contributed by atoms with Crippen molar-refractivity contribution in [3.05, 3.63) is 115 Å². The second-order valence-corrected chi connectivity index (χ2v) is 9.14. The van der Waals surface area contributed by atoms with Crippen molar-refractivity contribution in [2.75, 3.05) is 7.05 Å². The van der Waals surface area contributed by atoms with Crippen molar-refractivity contribution in [1.29, 1.82) is 0 Å². The maximum Gasteiger partial charge on any atom is 0.263 e. The molecule has 0 N–H and O–H groups in total. The van der Waals surface area contributed by atoms with Crippen LogP contribution in [0.15, 0.2) is 104 Å². The number of fused-ring (bicyclic) bond motifs is 4. The van der Waals surface area contributed by atoms with Gasteiger partial charge in [-0.15, -0.1) is 0 Å². The molecule has 6 nitrogen and oxygen atoms in total. The molecule has 176 valence electrons. The number of carbonyl (C=O) groups excluding carboxylic acids is 2. The molecule has 1 aliphatic heterocycles. The number of rotatable bonds is 3. The Hall–Kier alpha value is -5.10. The Bertz CT molecular complexity index is 1780. The van der Waals surface area contributed by atoms with Gasteiger partial charge in [0.15, 0.2) is 0 Å². The fourth-order valence-corrected chi connectivity index (χ4v) is 5.30. The van der Waals surface area contributed by atoms with Crippen LogP contribution >= 0.6 is 0 Å². The fraction of sp³-hybridized carbons (Fsp3) is 0.0323. The van der Waals surface area contributed by atoms with Crippen molar-refractivity contribution >= 4 is 33.6 Å². The van der Waals surface area contributed by atoms with Gasteiger partial charge in [0, 0.05) is 42.6 Å². The van der Waals surface area contributed by atoms with E-state index < -0.39 is 0 Å². The third-order valence-corrected chi connectivity index (χ3v) is 7.13. The predicted octanol–water partition coefficient (Wildman–Crippen LogP) is 6.13. The Kier molecular flexibility index (Phi) is 4.56. The monoisotopic (exact) mass is 480 g/mol. The number of carbonyl (C=O) groups is 2. The Morgan fingerprint density at radius 3 is 1.68 bits per heavy atom. The van der Waals surface area contributed by atoms with Crippen LogP contribution in [0.1, 0.15) is 20.7 Å². The third-order valence-electron chi connectivity index (χ3n) is 7.13. The zero-order valence-electron chi connectivity index (χ0n) is 19.9. The molecule has 3 aromatic carbocycles. The van der Waals surface area contributed by atoms with E-state index >= 15 is 0 Å². The van der Waals surface area contributed by atoms with Gasteiger partial charge in [-0.25, -0.2) is 0 Å². The molecule has 6 heteroatoms. The van der Waals surface area contributed by atoms with Crippen molar-refractivity contribution < 1.29 is 9.59 Å². The van der Waals surface area contributed by atoms with Crippen LogP contribution in [-0.2, 0) is 0 Å². The highest BCUT2D eigenvalue weighted by Crippen LogP contribution is 2.39. The van der Waals surface area contributed by atoms with E-state index in [1.165, 1.54) is 11.9 Å². The summed E-state index contributed by atoms with van der Waals surface area (Å²) in [6, 6.07) is 26.1. The van der Waals surface area contributed by atoms with Crippen LogP contribution in [0, 0.1) is 0 Å². The van der Waals surface area contributed by atoms with Crippen LogP contribution in [0.3, 0.4) is 0 Å². The SMILES string of the molecule is CN1C(=O)c2cccc(-n3c4cc(-c5ccncc5)ccc4c4ccc(-c5ccncc5)cc43)c2C1=O. The van der Waals surface area contributed by atoms with Gasteiger partial charge in [-0.05, 0) is 70.8 Å². The molecular formula is C31H20N4O2. The summed E-state index contributed by atoms with van der Waals surface area (Å²) in [4.78, 5) is 35.6. The van der Waals surface area contributed by atoms with E-state index in [0.717, 1.165) is 44.1 Å².